The van der Waals surface area contributed by atoms with Gasteiger partial charge in [0.1, 0.15) is 11.8 Å². The van der Waals surface area contributed by atoms with Crippen molar-refractivity contribution in [2.45, 2.75) is 45.7 Å². The van der Waals surface area contributed by atoms with Crippen molar-refractivity contribution in [1.29, 1.82) is 0 Å². The minimum atomic E-state index is -0.523. The van der Waals surface area contributed by atoms with E-state index in [1.54, 1.807) is 24.3 Å². The largest absolute Gasteiger partial charge is 0.494 e. The van der Waals surface area contributed by atoms with Crippen LogP contribution in [0.25, 0.3) is 0 Å². The van der Waals surface area contributed by atoms with Crippen molar-refractivity contribution < 1.29 is 14.3 Å². The lowest BCUT2D eigenvalue weighted by Crippen LogP contribution is -2.55. The maximum atomic E-state index is 13.0. The van der Waals surface area contributed by atoms with E-state index in [-0.39, 0.29) is 30.1 Å². The Morgan fingerprint density at radius 3 is 2.48 bits per heavy atom. The van der Waals surface area contributed by atoms with Gasteiger partial charge in [0.15, 0.2) is 0 Å². The summed E-state index contributed by atoms with van der Waals surface area (Å²) < 4.78 is 5.40. The number of likely N-dealkylation sites (N-methyl/N-ethyl adjacent to an activating group) is 1. The molecule has 2 rings (SSSR count). The van der Waals surface area contributed by atoms with Crippen LogP contribution in [0.5, 0.6) is 5.75 Å². The fraction of sp³-hybridized carbons (Fsp3) is 0.600. The number of halogens is 1. The van der Waals surface area contributed by atoms with Gasteiger partial charge >= 0.3 is 0 Å². The average Bonchev–Trinajstić information content (AvgIpc) is 2.66. The summed E-state index contributed by atoms with van der Waals surface area (Å²) in [4.78, 5) is 27.4. The molecule has 152 valence electrons. The molecular weight excluding hydrogens is 366 g/mol. The number of carbonyl (C=O) groups is 2. The normalized spacial score (nSPS) is 17.8. The zero-order valence-electron chi connectivity index (χ0n) is 16.7. The van der Waals surface area contributed by atoms with Crippen LogP contribution in [0, 0.1) is 5.92 Å². The van der Waals surface area contributed by atoms with Crippen molar-refractivity contribution in [2.24, 2.45) is 5.92 Å². The Hall–Kier alpha value is -1.79. The highest BCUT2D eigenvalue weighted by atomic mass is 35.5. The summed E-state index contributed by atoms with van der Waals surface area (Å²) in [6.45, 7) is 7.86. The summed E-state index contributed by atoms with van der Waals surface area (Å²) in [5.41, 5.74) is 0.527. The molecule has 1 aliphatic heterocycles. The standard InChI is InChI=1S/C20H31N3O3.ClH/c1-5-26-17-10-8-15(9-11-17)19(24)22-18(14(2)3)20(25)23-12-6-7-16(13-23)21-4;/h8-11,14,16,18,21H,5-7,12-13H2,1-4H3,(H,22,24);1H. The predicted molar refractivity (Wildman–Crippen MR) is 110 cm³/mol. The van der Waals surface area contributed by atoms with Crippen molar-refractivity contribution in [2.75, 3.05) is 26.7 Å². The van der Waals surface area contributed by atoms with Gasteiger partial charge in [0.25, 0.3) is 5.91 Å². The number of rotatable bonds is 7. The second-order valence-electron chi connectivity index (χ2n) is 7.06. The summed E-state index contributed by atoms with van der Waals surface area (Å²) in [5.74, 6) is 0.512. The lowest BCUT2D eigenvalue weighted by atomic mass is 9.99. The SMILES string of the molecule is CCOc1ccc(C(=O)NC(C(=O)N2CCCC(NC)C2)C(C)C)cc1.Cl. The Morgan fingerprint density at radius 2 is 1.93 bits per heavy atom. The number of hydrogen-bond donors (Lipinski definition) is 2. The first kappa shape index (κ1) is 23.2. The van der Waals surface area contributed by atoms with E-state index in [4.69, 9.17) is 4.74 Å². The Labute approximate surface area is 168 Å². The quantitative estimate of drug-likeness (QED) is 0.741. The van der Waals surface area contributed by atoms with Gasteiger partial charge in [-0.25, -0.2) is 0 Å². The van der Waals surface area contributed by atoms with Gasteiger partial charge < -0.3 is 20.3 Å². The first-order chi connectivity index (χ1) is 12.5. The zero-order valence-corrected chi connectivity index (χ0v) is 17.5. The maximum Gasteiger partial charge on any atom is 0.251 e. The number of nitrogens with zero attached hydrogens (tertiary/aromatic N) is 1. The molecule has 0 radical (unpaired) electrons. The third-order valence-corrected chi connectivity index (χ3v) is 4.79. The van der Waals surface area contributed by atoms with Crippen molar-refractivity contribution >= 4 is 24.2 Å². The number of piperidine rings is 1. The minimum absolute atomic E-state index is 0. The number of carbonyl (C=O) groups excluding carboxylic acids is 2. The molecule has 2 N–H and O–H groups in total. The van der Waals surface area contributed by atoms with Crippen molar-refractivity contribution in [3.63, 3.8) is 0 Å². The number of ether oxygens (including phenoxy) is 1. The molecule has 1 aromatic carbocycles. The highest BCUT2D eigenvalue weighted by Gasteiger charge is 2.31. The van der Waals surface area contributed by atoms with Crippen LogP contribution in [0.2, 0.25) is 0 Å². The van der Waals surface area contributed by atoms with Gasteiger partial charge in [0, 0.05) is 24.7 Å². The van der Waals surface area contributed by atoms with Crippen molar-refractivity contribution in [3.8, 4) is 5.75 Å². The first-order valence-electron chi connectivity index (χ1n) is 9.46. The van der Waals surface area contributed by atoms with Gasteiger partial charge in [-0.3, -0.25) is 9.59 Å². The summed E-state index contributed by atoms with van der Waals surface area (Å²) in [5, 5.41) is 6.17. The second-order valence-corrected chi connectivity index (χ2v) is 7.06. The topological polar surface area (TPSA) is 70.7 Å². The Morgan fingerprint density at radius 1 is 1.26 bits per heavy atom. The van der Waals surface area contributed by atoms with E-state index >= 15 is 0 Å². The van der Waals surface area contributed by atoms with Crippen LogP contribution in [0.1, 0.15) is 44.0 Å². The molecule has 0 bridgehead atoms. The van der Waals surface area contributed by atoms with Crippen LogP contribution in [-0.2, 0) is 4.79 Å². The van der Waals surface area contributed by atoms with E-state index in [0.29, 0.717) is 24.8 Å². The molecule has 2 atom stereocenters. The summed E-state index contributed by atoms with van der Waals surface area (Å²) in [6, 6.07) is 6.78. The lowest BCUT2D eigenvalue weighted by Gasteiger charge is -2.36. The van der Waals surface area contributed by atoms with Crippen LogP contribution in [-0.4, -0.2) is 55.5 Å². The third-order valence-electron chi connectivity index (χ3n) is 4.79. The number of benzene rings is 1. The monoisotopic (exact) mass is 397 g/mol. The van der Waals surface area contributed by atoms with Gasteiger partial charge in [-0.1, -0.05) is 13.8 Å². The van der Waals surface area contributed by atoms with Gasteiger partial charge in [0.05, 0.1) is 6.61 Å². The molecule has 1 aliphatic rings. The van der Waals surface area contributed by atoms with Crippen LogP contribution in [0.4, 0.5) is 0 Å². The van der Waals surface area contributed by atoms with Crippen LogP contribution >= 0.6 is 12.4 Å². The first-order valence-corrected chi connectivity index (χ1v) is 9.46. The molecule has 0 spiro atoms. The van der Waals surface area contributed by atoms with E-state index in [1.807, 2.05) is 32.7 Å². The fourth-order valence-corrected chi connectivity index (χ4v) is 3.22. The molecule has 7 heteroatoms. The molecule has 1 heterocycles. The van der Waals surface area contributed by atoms with E-state index in [9.17, 15) is 9.59 Å². The van der Waals surface area contributed by atoms with Crippen LogP contribution < -0.4 is 15.4 Å². The Balaban J connectivity index is 0.00000364. The summed E-state index contributed by atoms with van der Waals surface area (Å²) >= 11 is 0. The molecule has 1 fully saturated rings. The second kappa shape index (κ2) is 11.1. The molecule has 2 unspecified atom stereocenters. The zero-order chi connectivity index (χ0) is 19.1. The van der Waals surface area contributed by atoms with E-state index in [1.165, 1.54) is 0 Å². The Bertz CT molecular complexity index is 607. The molecule has 0 saturated carbocycles. The predicted octanol–water partition coefficient (Wildman–Crippen LogP) is 2.47. The average molecular weight is 398 g/mol. The smallest absolute Gasteiger partial charge is 0.251 e. The van der Waals surface area contributed by atoms with E-state index in [0.717, 1.165) is 25.1 Å². The van der Waals surface area contributed by atoms with E-state index in [2.05, 4.69) is 10.6 Å². The molecule has 1 saturated heterocycles. The van der Waals surface area contributed by atoms with E-state index < -0.39 is 6.04 Å². The summed E-state index contributed by atoms with van der Waals surface area (Å²) in [6.07, 6.45) is 2.06. The minimum Gasteiger partial charge on any atom is -0.494 e. The van der Waals surface area contributed by atoms with Gasteiger partial charge in [-0.2, -0.15) is 0 Å². The molecular formula is C20H32ClN3O3. The lowest BCUT2D eigenvalue weighted by molar-refractivity contribution is -0.135. The molecule has 0 aliphatic carbocycles. The number of nitrogens with one attached hydrogen (secondary N) is 2. The highest BCUT2D eigenvalue weighted by Crippen LogP contribution is 2.16. The third kappa shape index (κ3) is 6.40. The number of hydrogen-bond acceptors (Lipinski definition) is 4. The summed E-state index contributed by atoms with van der Waals surface area (Å²) in [7, 11) is 1.92. The fourth-order valence-electron chi connectivity index (χ4n) is 3.22. The van der Waals surface area contributed by atoms with Gasteiger partial charge in [-0.05, 0) is 57.0 Å². The number of likely N-dealkylation sites (tertiary alicyclic amines) is 1. The number of amides is 2. The van der Waals surface area contributed by atoms with Gasteiger partial charge in [-0.15, -0.1) is 12.4 Å². The molecule has 6 nitrogen and oxygen atoms in total. The van der Waals surface area contributed by atoms with Crippen molar-refractivity contribution in [1.82, 2.24) is 15.5 Å². The van der Waals surface area contributed by atoms with Crippen LogP contribution in [0.15, 0.2) is 24.3 Å². The maximum absolute atomic E-state index is 13.0. The van der Waals surface area contributed by atoms with Gasteiger partial charge in [0.2, 0.25) is 5.91 Å². The van der Waals surface area contributed by atoms with Crippen LogP contribution in [0.3, 0.4) is 0 Å². The molecule has 27 heavy (non-hydrogen) atoms. The Kier molecular flexibility index (Phi) is 9.60. The molecule has 1 aromatic rings. The van der Waals surface area contributed by atoms with Crippen molar-refractivity contribution in [3.05, 3.63) is 29.8 Å². The molecule has 0 aromatic heterocycles. The molecule has 2 amide bonds. The highest BCUT2D eigenvalue weighted by molar-refractivity contribution is 5.97.